The van der Waals surface area contributed by atoms with Crippen molar-refractivity contribution < 1.29 is 0 Å². The largest absolute Gasteiger partial charge is 0.0871 e. The average Bonchev–Trinajstić information content (AvgIpc) is 2.34. The lowest BCUT2D eigenvalue weighted by atomic mass is 10.1. The zero-order valence-electron chi connectivity index (χ0n) is 10.9. The lowest BCUT2D eigenvalue weighted by Gasteiger charge is -1.96. The topological polar surface area (TPSA) is 0 Å². The molecule has 0 amide bonds. The summed E-state index contributed by atoms with van der Waals surface area (Å²) in [6.07, 6.45) is 4.18. The number of hydrogen-bond acceptors (Lipinski definition) is 0. The normalized spacial score (nSPS) is 9.82. The highest BCUT2D eigenvalue weighted by molar-refractivity contribution is 5.52. The van der Waals surface area contributed by atoms with Gasteiger partial charge in [0.25, 0.3) is 0 Å². The van der Waals surface area contributed by atoms with E-state index >= 15 is 0 Å². The maximum absolute atomic E-state index is 2.12. The van der Waals surface area contributed by atoms with Gasteiger partial charge in [-0.25, -0.2) is 0 Å². The third-order valence-corrected chi connectivity index (χ3v) is 2.48. The highest BCUT2D eigenvalue weighted by atomic mass is 13.9. The number of benzene rings is 2. The van der Waals surface area contributed by atoms with Crippen molar-refractivity contribution >= 4 is 6.08 Å². The van der Waals surface area contributed by atoms with Crippen LogP contribution in [-0.4, -0.2) is 0 Å². The van der Waals surface area contributed by atoms with Crippen LogP contribution in [-0.2, 0) is 0 Å². The first-order chi connectivity index (χ1) is 8.24. The molecule has 0 unspecified atom stereocenters. The molecule has 0 saturated carbocycles. The summed E-state index contributed by atoms with van der Waals surface area (Å²) in [5.74, 6) is 0. The maximum Gasteiger partial charge on any atom is -0.0231 e. The molecule has 0 radical (unpaired) electrons. The summed E-state index contributed by atoms with van der Waals surface area (Å²) in [5, 5.41) is 0. The van der Waals surface area contributed by atoms with E-state index in [1.165, 1.54) is 16.7 Å². The summed E-state index contributed by atoms with van der Waals surface area (Å²) in [7, 11) is 0. The molecule has 2 rings (SSSR count). The van der Waals surface area contributed by atoms with Gasteiger partial charge in [0.2, 0.25) is 0 Å². The fourth-order valence-corrected chi connectivity index (χ4v) is 1.49. The van der Waals surface area contributed by atoms with Crippen LogP contribution in [0, 0.1) is 13.8 Å². The van der Waals surface area contributed by atoms with Gasteiger partial charge in [-0.1, -0.05) is 72.3 Å². The average molecular weight is 224 g/mol. The zero-order chi connectivity index (χ0) is 12.5. The Labute approximate surface area is 105 Å². The van der Waals surface area contributed by atoms with E-state index < -0.39 is 0 Å². The summed E-state index contributed by atoms with van der Waals surface area (Å²) in [4.78, 5) is 0. The molecule has 17 heavy (non-hydrogen) atoms. The molecule has 0 aliphatic heterocycles. The van der Waals surface area contributed by atoms with E-state index in [2.05, 4.69) is 62.4 Å². The summed E-state index contributed by atoms with van der Waals surface area (Å²) in [6.45, 7) is 6.24. The van der Waals surface area contributed by atoms with E-state index in [9.17, 15) is 0 Å². The summed E-state index contributed by atoms with van der Waals surface area (Å²) in [6, 6.07) is 18.6. The van der Waals surface area contributed by atoms with E-state index in [0.717, 1.165) is 0 Å². The van der Waals surface area contributed by atoms with Crippen molar-refractivity contribution in [3.05, 3.63) is 77.4 Å². The van der Waals surface area contributed by atoms with Crippen molar-refractivity contribution in [2.24, 2.45) is 0 Å². The first-order valence-electron chi connectivity index (χ1n) is 5.94. The lowest BCUT2D eigenvalue weighted by molar-refractivity contribution is 1.44. The number of allylic oxidation sites excluding steroid dienone is 1. The molecule has 0 N–H and O–H groups in total. The second-order valence-corrected chi connectivity index (χ2v) is 4.01. The van der Waals surface area contributed by atoms with Gasteiger partial charge in [0.1, 0.15) is 0 Å². The molecule has 0 atom stereocenters. The van der Waals surface area contributed by atoms with E-state index in [4.69, 9.17) is 0 Å². The van der Waals surface area contributed by atoms with Crippen LogP contribution in [0.15, 0.2) is 60.7 Å². The smallest absolute Gasteiger partial charge is 0.0231 e. The van der Waals surface area contributed by atoms with Crippen molar-refractivity contribution in [2.45, 2.75) is 20.8 Å². The Bertz CT molecular complexity index is 452. The van der Waals surface area contributed by atoms with Crippen molar-refractivity contribution in [2.75, 3.05) is 0 Å². The van der Waals surface area contributed by atoms with Crippen LogP contribution in [0.4, 0.5) is 0 Å². The number of hydrogen-bond donors (Lipinski definition) is 0. The van der Waals surface area contributed by atoms with Crippen LogP contribution in [0.1, 0.15) is 23.6 Å². The fraction of sp³-hybridized carbons (Fsp3) is 0.176. The van der Waals surface area contributed by atoms with Gasteiger partial charge >= 0.3 is 0 Å². The van der Waals surface area contributed by atoms with Crippen LogP contribution in [0.2, 0.25) is 0 Å². The minimum atomic E-state index is 1.31. The van der Waals surface area contributed by atoms with Gasteiger partial charge in [-0.3, -0.25) is 0 Å². The Morgan fingerprint density at radius 2 is 1.35 bits per heavy atom. The Balaban J connectivity index is 0.000000181. The summed E-state index contributed by atoms with van der Waals surface area (Å²) >= 11 is 0. The third-order valence-electron chi connectivity index (χ3n) is 2.48. The Morgan fingerprint density at radius 1 is 0.765 bits per heavy atom. The first-order valence-corrected chi connectivity index (χ1v) is 5.94. The fourth-order valence-electron chi connectivity index (χ4n) is 1.49. The van der Waals surface area contributed by atoms with Gasteiger partial charge in [0, 0.05) is 0 Å². The highest BCUT2D eigenvalue weighted by Gasteiger charge is 1.87. The molecule has 0 saturated heterocycles. The maximum atomic E-state index is 2.12. The van der Waals surface area contributed by atoms with Crippen LogP contribution >= 0.6 is 0 Å². The van der Waals surface area contributed by atoms with Crippen molar-refractivity contribution in [1.29, 1.82) is 0 Å². The predicted octanol–water partition coefficient (Wildman–Crippen LogP) is 5.02. The number of aryl methyl sites for hydroxylation is 2. The Morgan fingerprint density at radius 3 is 1.82 bits per heavy atom. The molecule has 0 aromatic heterocycles. The summed E-state index contributed by atoms with van der Waals surface area (Å²) in [5.41, 5.74) is 3.97. The molecule has 0 aliphatic rings. The van der Waals surface area contributed by atoms with E-state index in [-0.39, 0.29) is 0 Å². The quantitative estimate of drug-likeness (QED) is 0.637. The molecule has 0 fully saturated rings. The molecule has 0 heterocycles. The molecule has 0 bridgehead atoms. The Hall–Kier alpha value is -1.82. The van der Waals surface area contributed by atoms with Crippen LogP contribution in [0.25, 0.3) is 6.08 Å². The van der Waals surface area contributed by atoms with Gasteiger partial charge in [0.05, 0.1) is 0 Å². The molecular formula is C17H20. The van der Waals surface area contributed by atoms with Gasteiger partial charge in [0.15, 0.2) is 0 Å². The summed E-state index contributed by atoms with van der Waals surface area (Å²) < 4.78 is 0. The molecular weight excluding hydrogens is 204 g/mol. The zero-order valence-corrected chi connectivity index (χ0v) is 10.9. The highest BCUT2D eigenvalue weighted by Crippen LogP contribution is 2.07. The van der Waals surface area contributed by atoms with E-state index in [1.54, 1.807) is 0 Å². The number of rotatable bonds is 1. The second kappa shape index (κ2) is 7.45. The van der Waals surface area contributed by atoms with Crippen molar-refractivity contribution in [3.63, 3.8) is 0 Å². The van der Waals surface area contributed by atoms with E-state index in [1.807, 2.05) is 25.1 Å². The first kappa shape index (κ1) is 13.2. The van der Waals surface area contributed by atoms with E-state index in [0.29, 0.717) is 0 Å². The van der Waals surface area contributed by atoms with Crippen molar-refractivity contribution in [3.8, 4) is 0 Å². The van der Waals surface area contributed by atoms with Gasteiger partial charge in [-0.15, -0.1) is 0 Å². The SMILES string of the molecule is C/C=C/c1ccccc1C.Cc1ccccc1. The van der Waals surface area contributed by atoms with Gasteiger partial charge in [-0.2, -0.15) is 0 Å². The minimum Gasteiger partial charge on any atom is -0.0871 e. The van der Waals surface area contributed by atoms with Crippen LogP contribution < -0.4 is 0 Å². The molecule has 0 aliphatic carbocycles. The predicted molar refractivity (Wildman–Crippen MR) is 77.1 cm³/mol. The lowest BCUT2D eigenvalue weighted by Crippen LogP contribution is -1.76. The van der Waals surface area contributed by atoms with Gasteiger partial charge < -0.3 is 0 Å². The standard InChI is InChI=1S/C10H12.C7H8/c1-3-6-10-8-5-4-7-9(10)2;1-7-5-3-2-4-6-7/h3-8H,1-2H3;2-6H,1H3/b6-3+;. The molecule has 0 nitrogen and oxygen atoms in total. The second-order valence-electron chi connectivity index (χ2n) is 4.01. The Kier molecular flexibility index (Phi) is 5.81. The van der Waals surface area contributed by atoms with Crippen LogP contribution in [0.3, 0.4) is 0 Å². The molecule has 88 valence electrons. The molecule has 0 heteroatoms. The minimum absolute atomic E-state index is 1.31. The third kappa shape index (κ3) is 5.17. The molecule has 0 spiro atoms. The molecule has 2 aromatic carbocycles. The molecule has 2 aromatic rings. The van der Waals surface area contributed by atoms with Gasteiger partial charge in [-0.05, 0) is 31.9 Å². The van der Waals surface area contributed by atoms with Crippen molar-refractivity contribution in [1.82, 2.24) is 0 Å². The monoisotopic (exact) mass is 224 g/mol. The van der Waals surface area contributed by atoms with Crippen LogP contribution in [0.5, 0.6) is 0 Å².